The maximum Gasteiger partial charge on any atom is 0.407 e. The molecule has 0 heterocycles. The molecule has 0 radical (unpaired) electrons. The lowest BCUT2D eigenvalue weighted by molar-refractivity contribution is 0.0392. The Kier molecular flexibility index (Phi) is 11.3. The van der Waals surface area contributed by atoms with Gasteiger partial charge in [-0.3, -0.25) is 0 Å². The summed E-state index contributed by atoms with van der Waals surface area (Å²) in [6.07, 6.45) is -0.977. The molecule has 1 amide bonds. The first-order valence-corrected chi connectivity index (χ1v) is 14.3. The molecule has 0 aliphatic rings. The molecule has 0 spiro atoms. The number of hydrogen-bond acceptors (Lipinski definition) is 7. The van der Waals surface area contributed by atoms with Crippen molar-refractivity contribution in [3.05, 3.63) is 60.2 Å². The zero-order chi connectivity index (χ0) is 29.3. The smallest absolute Gasteiger partial charge is 0.407 e. The fourth-order valence-electron chi connectivity index (χ4n) is 4.04. The van der Waals surface area contributed by atoms with Crippen LogP contribution in [0.15, 0.2) is 59.5 Å². The van der Waals surface area contributed by atoms with Gasteiger partial charge in [0.05, 0.1) is 30.2 Å². The van der Waals surface area contributed by atoms with Gasteiger partial charge in [0.15, 0.2) is 0 Å². The van der Waals surface area contributed by atoms with Gasteiger partial charge in [-0.15, -0.1) is 0 Å². The number of alkyl carbamates (subject to hydrolysis) is 1. The van der Waals surface area contributed by atoms with E-state index in [-0.39, 0.29) is 30.8 Å². The minimum absolute atomic E-state index is 0.0475. The molecule has 0 bridgehead atoms. The Morgan fingerprint density at radius 3 is 2.23 bits per heavy atom. The van der Waals surface area contributed by atoms with Crippen LogP contribution in [-0.2, 0) is 21.2 Å². The van der Waals surface area contributed by atoms with Gasteiger partial charge in [-0.2, -0.15) is 9.57 Å². The number of nitriles is 1. The molecular formula is C29H41N3O6S. The summed E-state index contributed by atoms with van der Waals surface area (Å²) in [5.74, 6) is 0.513. The Morgan fingerprint density at radius 1 is 1.08 bits per heavy atom. The van der Waals surface area contributed by atoms with E-state index in [1.165, 1.54) is 23.5 Å². The van der Waals surface area contributed by atoms with Crippen molar-refractivity contribution in [1.82, 2.24) is 9.62 Å². The zero-order valence-electron chi connectivity index (χ0n) is 23.7. The first kappa shape index (κ1) is 32.1. The second-order valence-corrected chi connectivity index (χ2v) is 13.2. The number of methoxy groups -OCH3 is 1. The standard InChI is InChI=1S/C29H41N3O6S/c1-28(2,3)38-27(34)31-25(19-22-11-8-7-9-12-22)26(33)20-32(21-29(4,5)17-10-18-30)39(35,36)24-15-13-23(37-6)14-16-24/h7-9,11-16,25-26,33H,10,17,19-21H2,1-6H3,(H,31,34)/t25-,26?/m0/s1. The highest BCUT2D eigenvalue weighted by Gasteiger charge is 2.35. The average Bonchev–Trinajstić information content (AvgIpc) is 2.86. The van der Waals surface area contributed by atoms with Crippen LogP contribution >= 0.6 is 0 Å². The van der Waals surface area contributed by atoms with E-state index in [9.17, 15) is 18.3 Å². The van der Waals surface area contributed by atoms with Crippen molar-refractivity contribution in [1.29, 1.82) is 5.26 Å². The number of carbonyl (C=O) groups excluding carboxylic acids is 1. The van der Waals surface area contributed by atoms with E-state index in [4.69, 9.17) is 14.7 Å². The molecule has 0 saturated carbocycles. The van der Waals surface area contributed by atoms with Crippen LogP contribution in [0.3, 0.4) is 0 Å². The molecule has 2 rings (SSSR count). The Balaban J connectivity index is 2.41. The first-order valence-electron chi connectivity index (χ1n) is 12.9. The van der Waals surface area contributed by atoms with E-state index < -0.39 is 39.3 Å². The summed E-state index contributed by atoms with van der Waals surface area (Å²) in [7, 11) is -2.56. The minimum atomic E-state index is -4.05. The summed E-state index contributed by atoms with van der Waals surface area (Å²) < 4.78 is 39.4. The number of carbonyl (C=O) groups is 1. The van der Waals surface area contributed by atoms with E-state index in [1.54, 1.807) is 32.9 Å². The molecule has 2 aromatic rings. The lowest BCUT2D eigenvalue weighted by atomic mass is 9.88. The maximum absolute atomic E-state index is 13.8. The molecule has 214 valence electrons. The van der Waals surface area contributed by atoms with Crippen LogP contribution < -0.4 is 10.1 Å². The summed E-state index contributed by atoms with van der Waals surface area (Å²) >= 11 is 0. The molecule has 10 heteroatoms. The number of benzene rings is 2. The van der Waals surface area contributed by atoms with E-state index in [1.807, 2.05) is 44.2 Å². The lowest BCUT2D eigenvalue weighted by Gasteiger charge is -2.35. The fourth-order valence-corrected chi connectivity index (χ4v) is 5.69. The summed E-state index contributed by atoms with van der Waals surface area (Å²) in [6.45, 7) is 8.76. The molecular weight excluding hydrogens is 518 g/mol. The lowest BCUT2D eigenvalue weighted by Crippen LogP contribution is -2.52. The van der Waals surface area contributed by atoms with Crippen molar-refractivity contribution in [3.8, 4) is 11.8 Å². The van der Waals surface area contributed by atoms with Crippen LogP contribution in [0, 0.1) is 16.7 Å². The molecule has 0 aromatic heterocycles. The van der Waals surface area contributed by atoms with Gasteiger partial charge in [0, 0.05) is 19.5 Å². The van der Waals surface area contributed by atoms with Crippen LogP contribution in [0.25, 0.3) is 0 Å². The molecule has 0 aliphatic heterocycles. The number of sulfonamides is 1. The molecule has 2 aromatic carbocycles. The SMILES string of the molecule is COc1ccc(S(=O)(=O)N(CC(O)[C@H](Cc2ccccc2)NC(=O)OC(C)(C)C)CC(C)(C)CCC#N)cc1. The first-order chi connectivity index (χ1) is 18.2. The van der Waals surface area contributed by atoms with Gasteiger partial charge in [-0.25, -0.2) is 13.2 Å². The third-order valence-electron chi connectivity index (χ3n) is 6.07. The van der Waals surface area contributed by atoms with Crippen molar-refractivity contribution >= 4 is 16.1 Å². The average molecular weight is 560 g/mol. The van der Waals surface area contributed by atoms with Crippen LogP contribution in [-0.4, -0.2) is 61.9 Å². The van der Waals surface area contributed by atoms with Crippen molar-refractivity contribution in [3.63, 3.8) is 0 Å². The molecule has 0 fully saturated rings. The van der Waals surface area contributed by atoms with E-state index in [0.29, 0.717) is 12.2 Å². The molecule has 0 saturated heterocycles. The Hall–Kier alpha value is -3.13. The fraction of sp³-hybridized carbons (Fsp3) is 0.517. The van der Waals surface area contributed by atoms with Crippen molar-refractivity contribution in [2.45, 2.75) is 76.5 Å². The summed E-state index contributed by atoms with van der Waals surface area (Å²) in [6, 6.07) is 16.6. The normalized spacial score (nSPS) is 13.8. The number of nitrogens with zero attached hydrogens (tertiary/aromatic N) is 2. The van der Waals surface area contributed by atoms with E-state index in [2.05, 4.69) is 11.4 Å². The van der Waals surface area contributed by atoms with Crippen LogP contribution in [0.1, 0.15) is 53.0 Å². The summed E-state index contributed by atoms with van der Waals surface area (Å²) in [5.41, 5.74) is -0.444. The second kappa shape index (κ2) is 13.8. The van der Waals surface area contributed by atoms with Gasteiger partial charge in [0.25, 0.3) is 0 Å². The van der Waals surface area contributed by atoms with Crippen LogP contribution in [0.4, 0.5) is 4.79 Å². The molecule has 39 heavy (non-hydrogen) atoms. The number of rotatable bonds is 13. The quantitative estimate of drug-likeness (QED) is 0.369. The Morgan fingerprint density at radius 2 is 1.69 bits per heavy atom. The second-order valence-electron chi connectivity index (χ2n) is 11.3. The number of aliphatic hydroxyl groups excluding tert-OH is 1. The van der Waals surface area contributed by atoms with Crippen LogP contribution in [0.5, 0.6) is 5.75 Å². The van der Waals surface area contributed by atoms with Crippen molar-refractivity contribution in [2.75, 3.05) is 20.2 Å². The molecule has 2 N–H and O–H groups in total. The third-order valence-corrected chi connectivity index (χ3v) is 7.90. The van der Waals surface area contributed by atoms with Gasteiger partial charge in [0.1, 0.15) is 11.4 Å². The van der Waals surface area contributed by atoms with Gasteiger partial charge < -0.3 is 19.9 Å². The number of ether oxygens (including phenoxy) is 2. The monoisotopic (exact) mass is 559 g/mol. The summed E-state index contributed by atoms with van der Waals surface area (Å²) in [5, 5.41) is 23.2. The number of amides is 1. The minimum Gasteiger partial charge on any atom is -0.497 e. The highest BCUT2D eigenvalue weighted by atomic mass is 32.2. The highest BCUT2D eigenvalue weighted by Crippen LogP contribution is 2.28. The topological polar surface area (TPSA) is 129 Å². The highest BCUT2D eigenvalue weighted by molar-refractivity contribution is 7.89. The predicted octanol–water partition coefficient (Wildman–Crippen LogP) is 4.51. The van der Waals surface area contributed by atoms with Crippen molar-refractivity contribution in [2.24, 2.45) is 5.41 Å². The molecule has 1 unspecified atom stereocenters. The zero-order valence-corrected chi connectivity index (χ0v) is 24.5. The number of nitrogens with one attached hydrogen (secondary N) is 1. The van der Waals surface area contributed by atoms with Gasteiger partial charge in [0.2, 0.25) is 10.0 Å². The van der Waals surface area contributed by atoms with Crippen LogP contribution in [0.2, 0.25) is 0 Å². The van der Waals surface area contributed by atoms with Crippen molar-refractivity contribution < 1.29 is 27.8 Å². The van der Waals surface area contributed by atoms with E-state index in [0.717, 1.165) is 5.56 Å². The largest absolute Gasteiger partial charge is 0.497 e. The molecule has 9 nitrogen and oxygen atoms in total. The molecule has 0 aliphatic carbocycles. The molecule has 2 atom stereocenters. The van der Waals surface area contributed by atoms with Gasteiger partial charge in [-0.1, -0.05) is 44.2 Å². The summed E-state index contributed by atoms with van der Waals surface area (Å²) in [4.78, 5) is 12.7. The number of aliphatic hydroxyl groups is 1. The van der Waals surface area contributed by atoms with Gasteiger partial charge >= 0.3 is 6.09 Å². The number of hydrogen-bond donors (Lipinski definition) is 2. The predicted molar refractivity (Wildman–Crippen MR) is 150 cm³/mol. The van der Waals surface area contributed by atoms with E-state index >= 15 is 0 Å². The maximum atomic E-state index is 13.8. The Bertz CT molecular complexity index is 1200. The van der Waals surface area contributed by atoms with Gasteiger partial charge in [-0.05, 0) is 68.9 Å². The Labute approximate surface area is 232 Å². The third kappa shape index (κ3) is 10.5.